The fourth-order valence-corrected chi connectivity index (χ4v) is 2.40. The van der Waals surface area contributed by atoms with Gasteiger partial charge in [0.15, 0.2) is 0 Å². The van der Waals surface area contributed by atoms with Gasteiger partial charge in [-0.15, -0.1) is 0 Å². The molecule has 1 heterocycles. The molecule has 0 aromatic carbocycles. The van der Waals surface area contributed by atoms with Gasteiger partial charge in [-0.25, -0.2) is 4.79 Å². The van der Waals surface area contributed by atoms with Crippen LogP contribution in [0.25, 0.3) is 0 Å². The minimum atomic E-state index is -0.891. The van der Waals surface area contributed by atoms with Crippen molar-refractivity contribution in [3.8, 4) is 0 Å². The number of nitrogens with one attached hydrogen (secondary N) is 1. The average molecular weight is 232 g/mol. The summed E-state index contributed by atoms with van der Waals surface area (Å²) in [5.41, 5.74) is 0. The van der Waals surface area contributed by atoms with Gasteiger partial charge in [0, 0.05) is 30.6 Å². The molecule has 0 saturated carbocycles. The van der Waals surface area contributed by atoms with Crippen molar-refractivity contribution in [3.05, 3.63) is 0 Å². The van der Waals surface area contributed by atoms with Crippen LogP contribution in [0.3, 0.4) is 0 Å². The molecule has 0 radical (unpaired) electrons. The number of carboxylic acids is 1. The van der Waals surface area contributed by atoms with E-state index >= 15 is 0 Å². The highest BCUT2D eigenvalue weighted by atomic mass is 32.2. The molecule has 2 amide bonds. The second-order valence-corrected chi connectivity index (χ2v) is 5.05. The first-order chi connectivity index (χ1) is 7.09. The molecule has 1 fully saturated rings. The van der Waals surface area contributed by atoms with Crippen molar-refractivity contribution in [1.82, 2.24) is 10.2 Å². The van der Waals surface area contributed by atoms with E-state index in [0.29, 0.717) is 5.25 Å². The molecule has 2 N–H and O–H groups in total. The number of hydrogen-bond acceptors (Lipinski definition) is 3. The summed E-state index contributed by atoms with van der Waals surface area (Å²) in [5, 5.41) is 11.5. The number of amides is 2. The van der Waals surface area contributed by atoms with Crippen molar-refractivity contribution in [2.75, 3.05) is 25.4 Å². The molecule has 86 valence electrons. The van der Waals surface area contributed by atoms with E-state index in [9.17, 15) is 9.59 Å². The Morgan fingerprint density at radius 3 is 2.93 bits per heavy atom. The molecular formula is C9H16N2O3S. The number of nitrogens with zero attached hydrogens (tertiary/aromatic N) is 1. The zero-order chi connectivity index (χ0) is 11.3. The number of carbonyl (C=O) groups is 2. The number of hydrogen-bond donors (Lipinski definition) is 2. The van der Waals surface area contributed by atoms with E-state index in [2.05, 4.69) is 12.2 Å². The van der Waals surface area contributed by atoms with E-state index in [1.165, 1.54) is 0 Å². The fourth-order valence-electron chi connectivity index (χ4n) is 1.39. The maximum absolute atomic E-state index is 11.5. The summed E-state index contributed by atoms with van der Waals surface area (Å²) in [6.07, 6.45) is -0.0239. The van der Waals surface area contributed by atoms with Crippen molar-refractivity contribution >= 4 is 23.8 Å². The summed E-state index contributed by atoms with van der Waals surface area (Å²) >= 11 is 1.85. The molecule has 1 rings (SSSR count). The van der Waals surface area contributed by atoms with E-state index in [4.69, 9.17) is 5.11 Å². The third-order valence-corrected chi connectivity index (χ3v) is 3.28. The van der Waals surface area contributed by atoms with Gasteiger partial charge in [0.2, 0.25) is 0 Å². The van der Waals surface area contributed by atoms with Gasteiger partial charge in [-0.2, -0.15) is 11.8 Å². The van der Waals surface area contributed by atoms with Gasteiger partial charge in [-0.05, 0) is 0 Å². The van der Waals surface area contributed by atoms with Crippen molar-refractivity contribution < 1.29 is 14.7 Å². The summed E-state index contributed by atoms with van der Waals surface area (Å²) in [5.74, 6) is 0.0610. The van der Waals surface area contributed by atoms with E-state index in [-0.39, 0.29) is 19.0 Å². The van der Waals surface area contributed by atoms with Gasteiger partial charge in [0.25, 0.3) is 0 Å². The first kappa shape index (κ1) is 12.2. The Labute approximate surface area is 93.2 Å². The molecule has 1 unspecified atom stereocenters. The van der Waals surface area contributed by atoms with Crippen molar-refractivity contribution in [3.63, 3.8) is 0 Å². The summed E-state index contributed by atoms with van der Waals surface area (Å²) in [4.78, 5) is 23.5. The van der Waals surface area contributed by atoms with Crippen LogP contribution in [0, 0.1) is 0 Å². The lowest BCUT2D eigenvalue weighted by molar-refractivity contribution is -0.136. The summed E-state index contributed by atoms with van der Waals surface area (Å²) in [7, 11) is 0. The van der Waals surface area contributed by atoms with E-state index in [0.717, 1.165) is 18.8 Å². The van der Waals surface area contributed by atoms with Crippen LogP contribution in [0.15, 0.2) is 0 Å². The molecule has 1 aliphatic rings. The van der Waals surface area contributed by atoms with Crippen LogP contribution in [-0.2, 0) is 4.79 Å². The van der Waals surface area contributed by atoms with Gasteiger partial charge >= 0.3 is 12.0 Å². The highest BCUT2D eigenvalue weighted by Gasteiger charge is 2.20. The minimum Gasteiger partial charge on any atom is -0.481 e. The number of urea groups is 1. The number of carbonyl (C=O) groups excluding carboxylic acids is 1. The molecule has 0 aromatic heterocycles. The molecule has 15 heavy (non-hydrogen) atoms. The number of carboxylic acid groups (broad SMARTS) is 1. The average Bonchev–Trinajstić information content (AvgIpc) is 2.17. The molecule has 0 aliphatic carbocycles. The van der Waals surface area contributed by atoms with E-state index in [1.807, 2.05) is 11.8 Å². The second kappa shape index (κ2) is 5.85. The SMILES string of the molecule is CC1CN(C(=O)NCCC(=O)O)CCS1. The topological polar surface area (TPSA) is 69.6 Å². The number of rotatable bonds is 3. The lowest BCUT2D eigenvalue weighted by atomic mass is 10.4. The van der Waals surface area contributed by atoms with Crippen molar-refractivity contribution in [2.45, 2.75) is 18.6 Å². The first-order valence-corrected chi connectivity index (χ1v) is 6.00. The lowest BCUT2D eigenvalue weighted by Gasteiger charge is -2.30. The predicted molar refractivity (Wildman–Crippen MR) is 59.1 cm³/mol. The Bertz CT molecular complexity index is 248. The van der Waals surface area contributed by atoms with Crippen LogP contribution in [0.2, 0.25) is 0 Å². The zero-order valence-electron chi connectivity index (χ0n) is 8.73. The molecule has 1 aliphatic heterocycles. The molecule has 0 aromatic rings. The molecule has 1 atom stereocenters. The van der Waals surface area contributed by atoms with Crippen LogP contribution in [-0.4, -0.2) is 52.6 Å². The van der Waals surface area contributed by atoms with Crippen LogP contribution in [0.1, 0.15) is 13.3 Å². The predicted octanol–water partition coefficient (Wildman–Crippen LogP) is 0.608. The molecule has 6 heteroatoms. The van der Waals surface area contributed by atoms with Gasteiger partial charge < -0.3 is 15.3 Å². The Balaban J connectivity index is 2.24. The van der Waals surface area contributed by atoms with Gasteiger partial charge in [0.1, 0.15) is 0 Å². The summed E-state index contributed by atoms with van der Waals surface area (Å²) in [6, 6.07) is -0.150. The van der Waals surface area contributed by atoms with Crippen LogP contribution >= 0.6 is 11.8 Å². The van der Waals surface area contributed by atoms with Gasteiger partial charge in [0.05, 0.1) is 6.42 Å². The number of aliphatic carboxylic acids is 1. The smallest absolute Gasteiger partial charge is 0.317 e. The van der Waals surface area contributed by atoms with Gasteiger partial charge in [-0.1, -0.05) is 6.92 Å². The van der Waals surface area contributed by atoms with Crippen LogP contribution in [0.5, 0.6) is 0 Å². The maximum Gasteiger partial charge on any atom is 0.317 e. The molecule has 0 bridgehead atoms. The monoisotopic (exact) mass is 232 g/mol. The second-order valence-electron chi connectivity index (χ2n) is 3.50. The maximum atomic E-state index is 11.5. The van der Waals surface area contributed by atoms with Crippen molar-refractivity contribution in [1.29, 1.82) is 0 Å². The van der Waals surface area contributed by atoms with Crippen LogP contribution < -0.4 is 5.32 Å². The molecule has 1 saturated heterocycles. The Morgan fingerprint density at radius 1 is 1.60 bits per heavy atom. The summed E-state index contributed by atoms with van der Waals surface area (Å²) < 4.78 is 0. The fraction of sp³-hybridized carbons (Fsp3) is 0.778. The van der Waals surface area contributed by atoms with Gasteiger partial charge in [-0.3, -0.25) is 4.79 Å². The third kappa shape index (κ3) is 4.42. The number of thioether (sulfide) groups is 1. The molecular weight excluding hydrogens is 216 g/mol. The molecule has 5 nitrogen and oxygen atoms in total. The Hall–Kier alpha value is -0.910. The van der Waals surface area contributed by atoms with Crippen molar-refractivity contribution in [2.24, 2.45) is 0 Å². The normalized spacial score (nSPS) is 21.1. The third-order valence-electron chi connectivity index (χ3n) is 2.14. The molecule has 0 spiro atoms. The minimum absolute atomic E-state index is 0.0239. The van der Waals surface area contributed by atoms with E-state index < -0.39 is 5.97 Å². The largest absolute Gasteiger partial charge is 0.481 e. The zero-order valence-corrected chi connectivity index (χ0v) is 9.55. The lowest BCUT2D eigenvalue weighted by Crippen LogP contribution is -2.46. The first-order valence-electron chi connectivity index (χ1n) is 4.96. The highest BCUT2D eigenvalue weighted by molar-refractivity contribution is 7.99. The standard InChI is InChI=1S/C9H16N2O3S/c1-7-6-11(4-5-15-7)9(14)10-3-2-8(12)13/h7H,2-6H2,1H3,(H,10,14)(H,12,13). The van der Waals surface area contributed by atoms with E-state index in [1.54, 1.807) is 4.90 Å². The Kier molecular flexibility index (Phi) is 4.74. The van der Waals surface area contributed by atoms with Crippen LogP contribution in [0.4, 0.5) is 4.79 Å². The quantitative estimate of drug-likeness (QED) is 0.748. The Morgan fingerprint density at radius 2 is 2.33 bits per heavy atom. The highest BCUT2D eigenvalue weighted by Crippen LogP contribution is 2.17. The summed E-state index contributed by atoms with van der Waals surface area (Å²) in [6.45, 7) is 3.77.